The predicted molar refractivity (Wildman–Crippen MR) is 115 cm³/mol. The Morgan fingerprint density at radius 3 is 2.29 bits per heavy atom. The fraction of sp³-hybridized carbons (Fsp3) is 0.708. The van der Waals surface area contributed by atoms with Gasteiger partial charge in [-0.1, -0.05) is 24.6 Å². The van der Waals surface area contributed by atoms with Crippen LogP contribution in [0.4, 0.5) is 0 Å². The second-order valence-electron chi connectivity index (χ2n) is 10.5. The number of fused-ring (bicyclic) bond motifs is 1. The third kappa shape index (κ3) is 3.26. The summed E-state index contributed by atoms with van der Waals surface area (Å²) >= 11 is 0. The molecule has 2 aliphatic carbocycles. The molecule has 188 valence electrons. The van der Waals surface area contributed by atoms with Crippen molar-refractivity contribution in [3.05, 3.63) is 23.8 Å². The van der Waals surface area contributed by atoms with E-state index in [0.29, 0.717) is 5.57 Å². The largest absolute Gasteiger partial charge is 0.459 e. The van der Waals surface area contributed by atoms with Crippen molar-refractivity contribution in [2.75, 3.05) is 0 Å². The first-order valence-electron chi connectivity index (χ1n) is 11.3. The van der Waals surface area contributed by atoms with Gasteiger partial charge in [-0.25, -0.2) is 4.79 Å². The van der Waals surface area contributed by atoms with E-state index >= 15 is 0 Å². The van der Waals surface area contributed by atoms with Gasteiger partial charge < -0.3 is 34.3 Å². The van der Waals surface area contributed by atoms with E-state index in [9.17, 15) is 29.7 Å². The molecule has 1 spiro atoms. The molecule has 2 heterocycles. The Hall–Kier alpha value is -2.27. The lowest BCUT2D eigenvalue weighted by molar-refractivity contribution is -0.217. The summed E-state index contributed by atoms with van der Waals surface area (Å²) in [6, 6.07) is 0. The zero-order valence-electron chi connectivity index (χ0n) is 20.1. The van der Waals surface area contributed by atoms with Crippen molar-refractivity contribution in [3.8, 4) is 0 Å². The molecule has 10 nitrogen and oxygen atoms in total. The van der Waals surface area contributed by atoms with Crippen molar-refractivity contribution < 1.29 is 48.7 Å². The molecule has 0 unspecified atom stereocenters. The molecule has 10 atom stereocenters. The van der Waals surface area contributed by atoms with Crippen molar-refractivity contribution in [3.63, 3.8) is 0 Å². The molecule has 0 radical (unpaired) electrons. The molecule has 4 aliphatic rings. The maximum Gasteiger partial charge on any atom is 0.342 e. The average Bonchev–Trinajstić information content (AvgIpc) is 3.29. The number of epoxide rings is 1. The average molecular weight is 481 g/mol. The normalized spacial score (nSPS) is 49.6. The van der Waals surface area contributed by atoms with Crippen LogP contribution in [0.25, 0.3) is 0 Å². The minimum Gasteiger partial charge on any atom is -0.459 e. The van der Waals surface area contributed by atoms with Crippen molar-refractivity contribution in [2.45, 2.75) is 95.3 Å². The summed E-state index contributed by atoms with van der Waals surface area (Å²) in [6.07, 6.45) is -1.48. The molecular formula is C24H32O10. The molecule has 0 aromatic rings. The Bertz CT molecular complexity index is 984. The standard InChI is InChI=1S/C24H32O10/c1-11-9-14(31-12(2)25)18(28)21(4)8-7-15(27)22(5,30)17(21)19(32-13(3)26)24-16(10-11)33-20(29)23(24,6)34-24/h7-8,10,14-19,27-28,30H,9H2,1-6H3/t14-,15-,16+,17-,18+,19-,21+,22-,23+,24+/m1/s1. The van der Waals surface area contributed by atoms with Crippen molar-refractivity contribution in [2.24, 2.45) is 11.3 Å². The van der Waals surface area contributed by atoms with E-state index < -0.39 is 76.6 Å². The summed E-state index contributed by atoms with van der Waals surface area (Å²) in [7, 11) is 0. The number of ether oxygens (including phenoxy) is 4. The number of aliphatic hydroxyl groups excluding tert-OH is 2. The van der Waals surface area contributed by atoms with Gasteiger partial charge in [0.15, 0.2) is 17.3 Å². The highest BCUT2D eigenvalue weighted by atomic mass is 16.7. The van der Waals surface area contributed by atoms with Crippen LogP contribution in [0.1, 0.15) is 48.0 Å². The number of carbonyl (C=O) groups is 3. The van der Waals surface area contributed by atoms with Crippen LogP contribution in [0.15, 0.2) is 23.8 Å². The van der Waals surface area contributed by atoms with Crippen LogP contribution in [0, 0.1) is 11.3 Å². The summed E-state index contributed by atoms with van der Waals surface area (Å²) in [5.41, 5.74) is -5.64. The first-order valence-corrected chi connectivity index (χ1v) is 11.3. The molecule has 34 heavy (non-hydrogen) atoms. The van der Waals surface area contributed by atoms with Gasteiger partial charge in [0, 0.05) is 31.6 Å². The van der Waals surface area contributed by atoms with E-state index in [0.717, 1.165) is 0 Å². The smallest absolute Gasteiger partial charge is 0.342 e. The Kier molecular flexibility index (Phi) is 5.56. The maximum absolute atomic E-state index is 12.8. The Labute approximate surface area is 197 Å². The first-order chi connectivity index (χ1) is 15.6. The van der Waals surface area contributed by atoms with E-state index in [1.807, 2.05) is 0 Å². The molecule has 2 aliphatic heterocycles. The Balaban J connectivity index is 2.00. The molecule has 0 aromatic carbocycles. The highest BCUT2D eigenvalue weighted by molar-refractivity contribution is 5.89. The molecule has 10 heteroatoms. The summed E-state index contributed by atoms with van der Waals surface area (Å²) in [6.45, 7) is 8.66. The van der Waals surface area contributed by atoms with Gasteiger partial charge in [-0.3, -0.25) is 9.59 Å². The number of hydrogen-bond acceptors (Lipinski definition) is 10. The van der Waals surface area contributed by atoms with Gasteiger partial charge in [-0.15, -0.1) is 0 Å². The Morgan fingerprint density at radius 2 is 1.74 bits per heavy atom. The minimum absolute atomic E-state index is 0.112. The van der Waals surface area contributed by atoms with Gasteiger partial charge in [0.2, 0.25) is 0 Å². The number of aliphatic hydroxyl groups is 3. The maximum atomic E-state index is 12.8. The van der Waals surface area contributed by atoms with Crippen LogP contribution < -0.4 is 0 Å². The molecule has 0 bridgehead atoms. The third-order valence-electron chi connectivity index (χ3n) is 7.94. The molecule has 4 rings (SSSR count). The SMILES string of the molecule is CC(=O)O[C@@H]1[C@H]2[C@](C)(O)[C@H](O)C=C[C@]2(C)[C@@H](O)[C@H](OC(C)=O)CC(C)=C[C@@H]2OC(=O)[C@]3(C)O[C@@]213. The fourth-order valence-corrected chi connectivity index (χ4v) is 6.19. The number of esters is 3. The predicted octanol–water partition coefficient (Wildman–Crippen LogP) is 0.318. The van der Waals surface area contributed by atoms with Gasteiger partial charge >= 0.3 is 17.9 Å². The van der Waals surface area contributed by atoms with Crippen molar-refractivity contribution in [1.82, 2.24) is 0 Å². The molecular weight excluding hydrogens is 448 g/mol. The van der Waals surface area contributed by atoms with E-state index in [2.05, 4.69) is 0 Å². The number of carbonyl (C=O) groups excluding carboxylic acids is 3. The first kappa shape index (κ1) is 24.8. The van der Waals surface area contributed by atoms with Crippen LogP contribution in [-0.2, 0) is 33.3 Å². The third-order valence-corrected chi connectivity index (χ3v) is 7.94. The van der Waals surface area contributed by atoms with Gasteiger partial charge in [0.25, 0.3) is 0 Å². The van der Waals surface area contributed by atoms with E-state index in [1.165, 1.54) is 39.8 Å². The molecule has 0 aromatic heterocycles. The van der Waals surface area contributed by atoms with E-state index in [-0.39, 0.29) is 6.42 Å². The lowest BCUT2D eigenvalue weighted by Gasteiger charge is -2.54. The van der Waals surface area contributed by atoms with E-state index in [4.69, 9.17) is 18.9 Å². The number of hydrogen-bond donors (Lipinski definition) is 3. The molecule has 2 fully saturated rings. The van der Waals surface area contributed by atoms with Crippen LogP contribution in [0.3, 0.4) is 0 Å². The van der Waals surface area contributed by atoms with Crippen LogP contribution in [0.2, 0.25) is 0 Å². The highest BCUT2D eigenvalue weighted by Crippen LogP contribution is 2.65. The number of rotatable bonds is 2. The molecule has 2 saturated heterocycles. The minimum atomic E-state index is -1.94. The quantitative estimate of drug-likeness (QED) is 0.218. The topological polar surface area (TPSA) is 152 Å². The second kappa shape index (κ2) is 7.61. The molecule has 3 N–H and O–H groups in total. The zero-order chi connectivity index (χ0) is 25.4. The van der Waals surface area contributed by atoms with Crippen LogP contribution in [-0.4, -0.2) is 80.6 Å². The van der Waals surface area contributed by atoms with E-state index in [1.54, 1.807) is 19.9 Å². The molecule has 0 saturated carbocycles. The lowest BCUT2D eigenvalue weighted by Crippen LogP contribution is -2.67. The summed E-state index contributed by atoms with van der Waals surface area (Å²) in [4.78, 5) is 37.0. The van der Waals surface area contributed by atoms with Gasteiger partial charge in [-0.2, -0.15) is 0 Å². The van der Waals surface area contributed by atoms with Gasteiger partial charge in [-0.05, 0) is 26.8 Å². The van der Waals surface area contributed by atoms with Crippen LogP contribution >= 0.6 is 0 Å². The fourth-order valence-electron chi connectivity index (χ4n) is 6.19. The van der Waals surface area contributed by atoms with Gasteiger partial charge in [0.05, 0.1) is 5.60 Å². The zero-order valence-corrected chi connectivity index (χ0v) is 20.1. The van der Waals surface area contributed by atoms with Crippen molar-refractivity contribution in [1.29, 1.82) is 0 Å². The van der Waals surface area contributed by atoms with Crippen LogP contribution in [0.5, 0.6) is 0 Å². The Morgan fingerprint density at radius 1 is 1.12 bits per heavy atom. The lowest BCUT2D eigenvalue weighted by atomic mass is 9.55. The van der Waals surface area contributed by atoms with Crippen molar-refractivity contribution >= 4 is 17.9 Å². The summed E-state index contributed by atoms with van der Waals surface area (Å²) < 4.78 is 22.9. The second-order valence-corrected chi connectivity index (χ2v) is 10.5. The monoisotopic (exact) mass is 480 g/mol. The summed E-state index contributed by atoms with van der Waals surface area (Å²) in [5.74, 6) is -3.16. The highest BCUT2D eigenvalue weighted by Gasteiger charge is 2.87. The van der Waals surface area contributed by atoms with Gasteiger partial charge in [0.1, 0.15) is 24.4 Å². The molecule has 0 amide bonds. The summed E-state index contributed by atoms with van der Waals surface area (Å²) in [5, 5.41) is 33.9.